The van der Waals surface area contributed by atoms with Gasteiger partial charge in [0.15, 0.2) is 0 Å². The molecule has 0 spiro atoms. The van der Waals surface area contributed by atoms with E-state index in [1.807, 2.05) is 12.1 Å². The first-order valence-electron chi connectivity index (χ1n) is 11.3. The van der Waals surface area contributed by atoms with Crippen LogP contribution in [0.2, 0.25) is 0 Å². The number of benzene rings is 2. The molecule has 0 aromatic heterocycles. The van der Waals surface area contributed by atoms with Crippen molar-refractivity contribution in [1.82, 2.24) is 16.1 Å². The van der Waals surface area contributed by atoms with E-state index in [0.29, 0.717) is 11.6 Å². The van der Waals surface area contributed by atoms with Crippen molar-refractivity contribution in [3.63, 3.8) is 0 Å². The first-order valence-corrected chi connectivity index (χ1v) is 11.3. The number of carbonyl (C=O) groups excluding carboxylic acids is 2. The quantitative estimate of drug-likeness (QED) is 0.322. The minimum Gasteiger partial charge on any atom is -0.391 e. The molecule has 2 aliphatic carbocycles. The molecule has 5 atom stereocenters. The molecule has 2 bridgehead atoms. The molecule has 2 fully saturated rings. The number of hydrogen-bond acceptors (Lipinski definition) is 5. The summed E-state index contributed by atoms with van der Waals surface area (Å²) in [7, 11) is 0. The van der Waals surface area contributed by atoms with Gasteiger partial charge < -0.3 is 15.7 Å². The van der Waals surface area contributed by atoms with Crippen molar-refractivity contribution in [2.24, 2.45) is 11.8 Å². The highest BCUT2D eigenvalue weighted by Crippen LogP contribution is 2.44. The lowest BCUT2D eigenvalue weighted by Gasteiger charge is -2.23. The standard InChI is InChI=1S/C25H31N3O4/c1-15(29)23(25(31)28-32)27-24(30)20-10-8-19(9-11-20)18-5-2-16(3-6-18)14-26-22-13-17-4-7-21(22)12-17/h2-3,5-6,8-11,15,17,21-23,26,29,32H,4,7,12-14H2,1H3,(H,27,30)(H,28,31)/t15-,17?,21-,22-,23+/m1/s1. The topological polar surface area (TPSA) is 111 Å². The lowest BCUT2D eigenvalue weighted by Crippen LogP contribution is -2.51. The predicted molar refractivity (Wildman–Crippen MR) is 121 cm³/mol. The minimum atomic E-state index is -1.24. The molecule has 2 saturated carbocycles. The fourth-order valence-corrected chi connectivity index (χ4v) is 5.07. The molecule has 0 aliphatic heterocycles. The van der Waals surface area contributed by atoms with Crippen LogP contribution in [0.4, 0.5) is 0 Å². The van der Waals surface area contributed by atoms with Crippen LogP contribution in [0.3, 0.4) is 0 Å². The molecule has 5 N–H and O–H groups in total. The second-order valence-corrected chi connectivity index (χ2v) is 9.10. The molecule has 0 saturated heterocycles. The molecule has 170 valence electrons. The van der Waals surface area contributed by atoms with Crippen LogP contribution in [0, 0.1) is 11.8 Å². The Morgan fingerprint density at radius 2 is 1.66 bits per heavy atom. The maximum Gasteiger partial charge on any atom is 0.268 e. The van der Waals surface area contributed by atoms with Crippen molar-refractivity contribution in [2.45, 2.75) is 57.3 Å². The van der Waals surface area contributed by atoms with Crippen LogP contribution in [-0.2, 0) is 11.3 Å². The van der Waals surface area contributed by atoms with Crippen molar-refractivity contribution in [1.29, 1.82) is 0 Å². The van der Waals surface area contributed by atoms with E-state index in [0.717, 1.165) is 29.5 Å². The van der Waals surface area contributed by atoms with Crippen LogP contribution in [0.15, 0.2) is 48.5 Å². The van der Waals surface area contributed by atoms with Gasteiger partial charge >= 0.3 is 0 Å². The molecule has 2 amide bonds. The number of amides is 2. The highest BCUT2D eigenvalue weighted by atomic mass is 16.5. The highest BCUT2D eigenvalue weighted by Gasteiger charge is 2.38. The van der Waals surface area contributed by atoms with E-state index in [1.165, 1.54) is 43.7 Å². The molecule has 32 heavy (non-hydrogen) atoms. The third-order valence-electron chi connectivity index (χ3n) is 6.90. The summed E-state index contributed by atoms with van der Waals surface area (Å²) in [5.74, 6) is 0.423. The molecule has 7 nitrogen and oxygen atoms in total. The van der Waals surface area contributed by atoms with Gasteiger partial charge in [-0.1, -0.05) is 42.8 Å². The predicted octanol–water partition coefficient (Wildman–Crippen LogP) is 2.62. The van der Waals surface area contributed by atoms with Crippen molar-refractivity contribution >= 4 is 11.8 Å². The minimum absolute atomic E-state index is 0.358. The van der Waals surface area contributed by atoms with Crippen molar-refractivity contribution in [2.75, 3.05) is 0 Å². The Kier molecular flexibility index (Phi) is 6.89. The Labute approximate surface area is 188 Å². The molecule has 0 radical (unpaired) electrons. The Morgan fingerprint density at radius 1 is 1.00 bits per heavy atom. The van der Waals surface area contributed by atoms with Gasteiger partial charge in [0, 0.05) is 18.2 Å². The number of nitrogens with one attached hydrogen (secondary N) is 3. The van der Waals surface area contributed by atoms with Crippen LogP contribution in [0.25, 0.3) is 11.1 Å². The zero-order chi connectivity index (χ0) is 22.7. The Hall–Kier alpha value is -2.74. The molecule has 2 aliphatic rings. The van der Waals surface area contributed by atoms with E-state index in [2.05, 4.69) is 34.9 Å². The number of carbonyl (C=O) groups is 2. The zero-order valence-electron chi connectivity index (χ0n) is 18.3. The summed E-state index contributed by atoms with van der Waals surface area (Å²) in [6, 6.07) is 14.9. The second kappa shape index (κ2) is 9.81. The lowest BCUT2D eigenvalue weighted by molar-refractivity contribution is -0.133. The Balaban J connectivity index is 1.34. The second-order valence-electron chi connectivity index (χ2n) is 9.10. The number of fused-ring (bicyclic) bond motifs is 2. The maximum atomic E-state index is 12.4. The van der Waals surface area contributed by atoms with E-state index in [1.54, 1.807) is 12.1 Å². The first kappa shape index (κ1) is 22.5. The van der Waals surface area contributed by atoms with Crippen LogP contribution in [0.1, 0.15) is 48.5 Å². The van der Waals surface area contributed by atoms with E-state index >= 15 is 0 Å². The molecule has 4 rings (SSSR count). The van der Waals surface area contributed by atoms with Crippen molar-refractivity contribution < 1.29 is 19.9 Å². The summed E-state index contributed by atoms with van der Waals surface area (Å²) in [4.78, 5) is 24.0. The highest BCUT2D eigenvalue weighted by molar-refractivity contribution is 5.97. The van der Waals surface area contributed by atoms with Gasteiger partial charge in [-0.25, -0.2) is 5.48 Å². The molecular weight excluding hydrogens is 406 g/mol. The number of aliphatic hydroxyl groups excluding tert-OH is 1. The van der Waals surface area contributed by atoms with Crippen molar-refractivity contribution in [3.8, 4) is 11.1 Å². The largest absolute Gasteiger partial charge is 0.391 e. The lowest BCUT2D eigenvalue weighted by atomic mass is 9.95. The fourth-order valence-electron chi connectivity index (χ4n) is 5.07. The molecule has 2 aromatic rings. The Bertz CT molecular complexity index is 943. The Morgan fingerprint density at radius 3 is 2.19 bits per heavy atom. The summed E-state index contributed by atoms with van der Waals surface area (Å²) in [5.41, 5.74) is 5.11. The van der Waals surface area contributed by atoms with Crippen LogP contribution in [-0.4, -0.2) is 40.3 Å². The van der Waals surface area contributed by atoms with Crippen LogP contribution >= 0.6 is 0 Å². The summed E-state index contributed by atoms with van der Waals surface area (Å²) < 4.78 is 0. The maximum absolute atomic E-state index is 12.4. The smallest absolute Gasteiger partial charge is 0.268 e. The summed E-state index contributed by atoms with van der Waals surface area (Å²) in [5, 5.41) is 24.6. The molecule has 0 heterocycles. The fraction of sp³-hybridized carbons (Fsp3) is 0.440. The zero-order valence-corrected chi connectivity index (χ0v) is 18.3. The first-order chi connectivity index (χ1) is 15.4. The van der Waals surface area contributed by atoms with Gasteiger partial charge in [-0.3, -0.25) is 14.8 Å². The van der Waals surface area contributed by atoms with Crippen LogP contribution in [0.5, 0.6) is 0 Å². The molecule has 2 aromatic carbocycles. The average Bonchev–Trinajstić information content (AvgIpc) is 3.44. The number of aliphatic hydroxyl groups is 1. The van der Waals surface area contributed by atoms with E-state index in [4.69, 9.17) is 5.21 Å². The van der Waals surface area contributed by atoms with Gasteiger partial charge in [-0.05, 0) is 66.8 Å². The number of rotatable bonds is 8. The monoisotopic (exact) mass is 437 g/mol. The number of hydrogen-bond donors (Lipinski definition) is 5. The van der Waals surface area contributed by atoms with Gasteiger partial charge in [0.2, 0.25) is 0 Å². The summed E-state index contributed by atoms with van der Waals surface area (Å²) in [6.45, 7) is 2.25. The molecular formula is C25H31N3O4. The van der Waals surface area contributed by atoms with E-state index < -0.39 is 24.0 Å². The van der Waals surface area contributed by atoms with Gasteiger partial charge in [0.05, 0.1) is 6.10 Å². The number of hydroxylamine groups is 1. The normalized spacial score (nSPS) is 23.5. The third-order valence-corrected chi connectivity index (χ3v) is 6.90. The molecule has 1 unspecified atom stereocenters. The average molecular weight is 438 g/mol. The van der Waals surface area contributed by atoms with Crippen molar-refractivity contribution in [3.05, 3.63) is 59.7 Å². The van der Waals surface area contributed by atoms with E-state index in [9.17, 15) is 14.7 Å². The summed E-state index contributed by atoms with van der Waals surface area (Å²) in [6.07, 6.45) is 4.37. The van der Waals surface area contributed by atoms with Gasteiger partial charge in [-0.15, -0.1) is 0 Å². The molecule has 7 heteroatoms. The van der Waals surface area contributed by atoms with Crippen LogP contribution < -0.4 is 16.1 Å². The summed E-state index contributed by atoms with van der Waals surface area (Å²) >= 11 is 0. The SMILES string of the molecule is C[C@@H](O)[C@H](NC(=O)c1ccc(-c2ccc(CN[C@@H]3CC4CC[C@@H]3C4)cc2)cc1)C(=O)NO. The van der Waals surface area contributed by atoms with Gasteiger partial charge in [0.25, 0.3) is 11.8 Å². The van der Waals surface area contributed by atoms with E-state index in [-0.39, 0.29) is 0 Å². The van der Waals surface area contributed by atoms with Gasteiger partial charge in [-0.2, -0.15) is 0 Å². The third kappa shape index (κ3) is 5.01. The van der Waals surface area contributed by atoms with Gasteiger partial charge in [0.1, 0.15) is 6.04 Å².